The molecule has 0 spiro atoms. The van der Waals surface area contributed by atoms with Crippen LogP contribution >= 0.6 is 11.6 Å². The standard InChI is InChI=1S/C21H26ClN3O2/c1-21(2,19(26)23-14-13-15-5-7-16(22)8-6-15)20(27)24-17-9-11-18(12-10-17)25(3)4/h5-12H,13-14H2,1-4H3,(H,23,26)(H,24,27). The molecule has 0 aromatic heterocycles. The molecular formula is C21H26ClN3O2. The second-order valence-corrected chi connectivity index (χ2v) is 7.59. The minimum Gasteiger partial charge on any atom is -0.378 e. The molecule has 0 aliphatic rings. The second-order valence-electron chi connectivity index (χ2n) is 7.15. The van der Waals surface area contributed by atoms with E-state index in [0.29, 0.717) is 23.7 Å². The molecule has 2 N–H and O–H groups in total. The Balaban J connectivity index is 1.89. The molecule has 2 amide bonds. The number of halogens is 1. The van der Waals surface area contributed by atoms with Crippen LogP contribution in [-0.4, -0.2) is 32.5 Å². The molecule has 0 unspecified atom stereocenters. The fraction of sp³-hybridized carbons (Fsp3) is 0.333. The van der Waals surface area contributed by atoms with Gasteiger partial charge in [0.2, 0.25) is 11.8 Å². The highest BCUT2D eigenvalue weighted by Gasteiger charge is 2.35. The maximum atomic E-state index is 12.6. The van der Waals surface area contributed by atoms with Crippen molar-refractivity contribution in [2.45, 2.75) is 20.3 Å². The Labute approximate surface area is 165 Å². The summed E-state index contributed by atoms with van der Waals surface area (Å²) in [6.45, 7) is 3.69. The summed E-state index contributed by atoms with van der Waals surface area (Å²) in [5, 5.41) is 6.33. The smallest absolute Gasteiger partial charge is 0.239 e. The third kappa shape index (κ3) is 5.73. The first kappa shape index (κ1) is 20.8. The highest BCUT2D eigenvalue weighted by atomic mass is 35.5. The van der Waals surface area contributed by atoms with Gasteiger partial charge < -0.3 is 15.5 Å². The van der Waals surface area contributed by atoms with Gasteiger partial charge in [-0.15, -0.1) is 0 Å². The third-order valence-corrected chi connectivity index (χ3v) is 4.64. The number of benzene rings is 2. The normalized spacial score (nSPS) is 11.0. The van der Waals surface area contributed by atoms with Gasteiger partial charge in [-0.2, -0.15) is 0 Å². The molecule has 6 heteroatoms. The molecule has 2 aromatic rings. The maximum Gasteiger partial charge on any atom is 0.239 e. The molecule has 0 heterocycles. The Morgan fingerprint density at radius 1 is 0.963 bits per heavy atom. The summed E-state index contributed by atoms with van der Waals surface area (Å²) < 4.78 is 0. The molecule has 2 rings (SSSR count). The average molecular weight is 388 g/mol. The van der Waals surface area contributed by atoms with Crippen molar-refractivity contribution in [3.05, 3.63) is 59.1 Å². The summed E-state index contributed by atoms with van der Waals surface area (Å²) in [6, 6.07) is 14.9. The van der Waals surface area contributed by atoms with E-state index in [2.05, 4.69) is 10.6 Å². The highest BCUT2D eigenvalue weighted by molar-refractivity contribution is 6.30. The summed E-state index contributed by atoms with van der Waals surface area (Å²) >= 11 is 5.86. The van der Waals surface area contributed by atoms with Crippen molar-refractivity contribution < 1.29 is 9.59 Å². The van der Waals surface area contributed by atoms with Crippen LogP contribution in [0.5, 0.6) is 0 Å². The van der Waals surface area contributed by atoms with Crippen molar-refractivity contribution >= 4 is 34.8 Å². The lowest BCUT2D eigenvalue weighted by Gasteiger charge is -2.23. The van der Waals surface area contributed by atoms with E-state index in [-0.39, 0.29) is 11.8 Å². The fourth-order valence-corrected chi connectivity index (χ4v) is 2.55. The number of carbonyl (C=O) groups excluding carboxylic acids is 2. The molecule has 0 fully saturated rings. The summed E-state index contributed by atoms with van der Waals surface area (Å²) in [5.41, 5.74) is 1.59. The van der Waals surface area contributed by atoms with Crippen LogP contribution in [0.2, 0.25) is 5.02 Å². The summed E-state index contributed by atoms with van der Waals surface area (Å²) in [4.78, 5) is 27.0. The Morgan fingerprint density at radius 3 is 2.11 bits per heavy atom. The Hall–Kier alpha value is -2.53. The topological polar surface area (TPSA) is 61.4 Å². The van der Waals surface area contributed by atoms with Gasteiger partial charge in [0, 0.05) is 37.0 Å². The predicted molar refractivity (Wildman–Crippen MR) is 111 cm³/mol. The van der Waals surface area contributed by atoms with Crippen LogP contribution in [0, 0.1) is 5.41 Å². The second kappa shape index (κ2) is 8.91. The van der Waals surface area contributed by atoms with Gasteiger partial charge in [-0.3, -0.25) is 9.59 Å². The van der Waals surface area contributed by atoms with Gasteiger partial charge in [-0.1, -0.05) is 23.7 Å². The number of amides is 2. The Bertz CT molecular complexity index is 784. The largest absolute Gasteiger partial charge is 0.378 e. The molecule has 0 saturated heterocycles. The van der Waals surface area contributed by atoms with E-state index in [1.165, 1.54) is 0 Å². The number of anilines is 2. The van der Waals surface area contributed by atoms with E-state index < -0.39 is 5.41 Å². The number of nitrogens with zero attached hydrogens (tertiary/aromatic N) is 1. The van der Waals surface area contributed by atoms with Crippen molar-refractivity contribution in [1.82, 2.24) is 5.32 Å². The fourth-order valence-electron chi connectivity index (χ4n) is 2.43. The van der Waals surface area contributed by atoms with Crippen LogP contribution in [0.1, 0.15) is 19.4 Å². The van der Waals surface area contributed by atoms with Crippen molar-refractivity contribution in [2.24, 2.45) is 5.41 Å². The van der Waals surface area contributed by atoms with Crippen molar-refractivity contribution in [3.8, 4) is 0 Å². The van der Waals surface area contributed by atoms with Gasteiger partial charge in [-0.05, 0) is 62.2 Å². The molecule has 144 valence electrons. The SMILES string of the molecule is CN(C)c1ccc(NC(=O)C(C)(C)C(=O)NCCc2ccc(Cl)cc2)cc1. The number of carbonyl (C=O) groups is 2. The minimum atomic E-state index is -1.18. The van der Waals surface area contributed by atoms with Gasteiger partial charge in [0.05, 0.1) is 0 Å². The lowest BCUT2D eigenvalue weighted by molar-refractivity contribution is -0.138. The van der Waals surface area contributed by atoms with E-state index in [9.17, 15) is 9.59 Å². The Morgan fingerprint density at radius 2 is 1.56 bits per heavy atom. The van der Waals surface area contributed by atoms with Gasteiger partial charge in [0.25, 0.3) is 0 Å². The molecule has 27 heavy (non-hydrogen) atoms. The number of rotatable bonds is 7. The first-order valence-electron chi connectivity index (χ1n) is 8.82. The van der Waals surface area contributed by atoms with Gasteiger partial charge in [0.15, 0.2) is 0 Å². The molecule has 0 saturated carbocycles. The van der Waals surface area contributed by atoms with Crippen LogP contribution in [-0.2, 0) is 16.0 Å². The molecule has 0 aliphatic heterocycles. The molecule has 0 radical (unpaired) electrons. The quantitative estimate of drug-likeness (QED) is 0.711. The number of nitrogens with one attached hydrogen (secondary N) is 2. The maximum absolute atomic E-state index is 12.6. The van der Waals surface area contributed by atoms with E-state index in [0.717, 1.165) is 11.3 Å². The molecule has 0 bridgehead atoms. The minimum absolute atomic E-state index is 0.307. The van der Waals surface area contributed by atoms with Crippen LogP contribution in [0.15, 0.2) is 48.5 Å². The first-order chi connectivity index (χ1) is 12.7. The van der Waals surface area contributed by atoms with Gasteiger partial charge in [-0.25, -0.2) is 0 Å². The summed E-state index contributed by atoms with van der Waals surface area (Å²) in [6.07, 6.45) is 0.673. The van der Waals surface area contributed by atoms with Crippen molar-refractivity contribution in [3.63, 3.8) is 0 Å². The molecule has 2 aromatic carbocycles. The highest BCUT2D eigenvalue weighted by Crippen LogP contribution is 2.21. The monoisotopic (exact) mass is 387 g/mol. The summed E-state index contributed by atoms with van der Waals surface area (Å²) in [7, 11) is 3.90. The molecule has 5 nitrogen and oxygen atoms in total. The van der Waals surface area contributed by atoms with Crippen molar-refractivity contribution in [1.29, 1.82) is 0 Å². The summed E-state index contributed by atoms with van der Waals surface area (Å²) in [5.74, 6) is -0.650. The van der Waals surface area contributed by atoms with Gasteiger partial charge in [0.1, 0.15) is 5.41 Å². The van der Waals surface area contributed by atoms with Crippen molar-refractivity contribution in [2.75, 3.05) is 30.9 Å². The molecule has 0 atom stereocenters. The zero-order chi connectivity index (χ0) is 20.0. The van der Waals surface area contributed by atoms with E-state index in [1.807, 2.05) is 67.5 Å². The number of hydrogen-bond donors (Lipinski definition) is 2. The van der Waals surface area contributed by atoms with E-state index in [4.69, 9.17) is 11.6 Å². The lowest BCUT2D eigenvalue weighted by atomic mass is 9.91. The van der Waals surface area contributed by atoms with Crippen LogP contribution in [0.25, 0.3) is 0 Å². The van der Waals surface area contributed by atoms with Crippen LogP contribution in [0.3, 0.4) is 0 Å². The predicted octanol–water partition coefficient (Wildman–Crippen LogP) is 3.73. The lowest BCUT2D eigenvalue weighted by Crippen LogP contribution is -2.45. The zero-order valence-corrected chi connectivity index (χ0v) is 16.9. The van der Waals surface area contributed by atoms with E-state index >= 15 is 0 Å². The van der Waals surface area contributed by atoms with Crippen LogP contribution in [0.4, 0.5) is 11.4 Å². The molecule has 0 aliphatic carbocycles. The van der Waals surface area contributed by atoms with Gasteiger partial charge >= 0.3 is 0 Å². The first-order valence-corrected chi connectivity index (χ1v) is 9.19. The average Bonchev–Trinajstić information content (AvgIpc) is 2.63. The van der Waals surface area contributed by atoms with Crippen LogP contribution < -0.4 is 15.5 Å². The third-order valence-electron chi connectivity index (χ3n) is 4.39. The Kier molecular flexibility index (Phi) is 6.86. The molecular weight excluding hydrogens is 362 g/mol. The zero-order valence-electron chi connectivity index (χ0n) is 16.2. The number of hydrogen-bond acceptors (Lipinski definition) is 3. The van der Waals surface area contributed by atoms with E-state index in [1.54, 1.807) is 13.8 Å².